The van der Waals surface area contributed by atoms with E-state index in [1.165, 1.54) is 17.0 Å². The lowest BCUT2D eigenvalue weighted by atomic mass is 10.3. The Morgan fingerprint density at radius 1 is 1.69 bits per heavy atom. The van der Waals surface area contributed by atoms with Gasteiger partial charge in [-0.2, -0.15) is 0 Å². The molecule has 1 aromatic heterocycles. The number of nitrogens with one attached hydrogen (secondary N) is 1. The van der Waals surface area contributed by atoms with Gasteiger partial charge in [-0.15, -0.1) is 6.42 Å². The Bertz CT molecular complexity index is 444. The van der Waals surface area contributed by atoms with Crippen molar-refractivity contribution in [2.45, 2.75) is 6.92 Å². The van der Waals surface area contributed by atoms with Crippen molar-refractivity contribution in [2.24, 2.45) is 0 Å². The largest absolute Gasteiger partial charge is 0.358 e. The van der Waals surface area contributed by atoms with E-state index in [0.717, 1.165) is 0 Å². The summed E-state index contributed by atoms with van der Waals surface area (Å²) in [4.78, 5) is 25.4. The zero-order valence-electron chi connectivity index (χ0n) is 8.77. The summed E-state index contributed by atoms with van der Waals surface area (Å²) in [5, 5.41) is 10.4. The van der Waals surface area contributed by atoms with Crippen LogP contribution in [0.1, 0.15) is 17.4 Å². The lowest BCUT2D eigenvalue weighted by Gasteiger charge is -2.15. The van der Waals surface area contributed by atoms with Crippen molar-refractivity contribution < 1.29 is 9.72 Å². The first kappa shape index (κ1) is 11.8. The van der Waals surface area contributed by atoms with E-state index in [2.05, 4.69) is 10.9 Å². The molecular formula is C10H11N3O3. The first-order valence-electron chi connectivity index (χ1n) is 4.66. The summed E-state index contributed by atoms with van der Waals surface area (Å²) >= 11 is 0. The van der Waals surface area contributed by atoms with Crippen LogP contribution in [-0.4, -0.2) is 33.8 Å². The molecule has 0 saturated carbocycles. The number of carbonyl (C=O) groups excluding carboxylic acids is 1. The Labute approximate surface area is 92.4 Å². The van der Waals surface area contributed by atoms with Gasteiger partial charge >= 0.3 is 5.82 Å². The number of aromatic amines is 1. The number of hydrogen-bond acceptors (Lipinski definition) is 3. The summed E-state index contributed by atoms with van der Waals surface area (Å²) in [5.74, 6) is 1.81. The quantitative estimate of drug-likeness (QED) is 0.468. The van der Waals surface area contributed by atoms with Crippen LogP contribution in [0.25, 0.3) is 0 Å². The summed E-state index contributed by atoms with van der Waals surface area (Å²) in [6.45, 7) is 2.42. The molecule has 0 aliphatic heterocycles. The van der Waals surface area contributed by atoms with E-state index in [-0.39, 0.29) is 24.0 Å². The molecule has 1 rings (SSSR count). The highest BCUT2D eigenvalue weighted by Crippen LogP contribution is 2.11. The van der Waals surface area contributed by atoms with Crippen LogP contribution >= 0.6 is 0 Å². The van der Waals surface area contributed by atoms with Gasteiger partial charge in [0, 0.05) is 12.6 Å². The maximum absolute atomic E-state index is 11.8. The third-order valence-corrected chi connectivity index (χ3v) is 2.05. The molecule has 1 aromatic rings. The van der Waals surface area contributed by atoms with Crippen molar-refractivity contribution >= 4 is 11.7 Å². The van der Waals surface area contributed by atoms with Gasteiger partial charge < -0.3 is 15.0 Å². The topological polar surface area (TPSA) is 79.2 Å². The Kier molecular flexibility index (Phi) is 3.67. The second-order valence-electron chi connectivity index (χ2n) is 3.04. The lowest BCUT2D eigenvalue weighted by Crippen LogP contribution is -2.31. The normalized spacial score (nSPS) is 9.50. The molecule has 1 amide bonds. The standard InChI is InChI=1S/C10H11N3O3/c1-3-7-12(4-2)10(14)8-5-6-9(11-8)13(15)16/h1,5-6,11H,4,7H2,2H3. The molecule has 0 aromatic carbocycles. The van der Waals surface area contributed by atoms with Gasteiger partial charge in [0.25, 0.3) is 5.91 Å². The summed E-state index contributed by atoms with van der Waals surface area (Å²) in [5.41, 5.74) is 0.170. The monoisotopic (exact) mass is 221 g/mol. The molecule has 0 aliphatic carbocycles. The molecule has 0 aliphatic rings. The van der Waals surface area contributed by atoms with Crippen LogP contribution in [0.5, 0.6) is 0 Å². The van der Waals surface area contributed by atoms with Crippen molar-refractivity contribution in [1.29, 1.82) is 0 Å². The van der Waals surface area contributed by atoms with Crippen molar-refractivity contribution in [3.05, 3.63) is 27.9 Å². The molecule has 0 saturated heterocycles. The average Bonchev–Trinajstić information content (AvgIpc) is 2.74. The van der Waals surface area contributed by atoms with E-state index in [4.69, 9.17) is 6.42 Å². The van der Waals surface area contributed by atoms with Crippen molar-refractivity contribution in [3.63, 3.8) is 0 Å². The van der Waals surface area contributed by atoms with Crippen LogP contribution < -0.4 is 0 Å². The van der Waals surface area contributed by atoms with Gasteiger partial charge in [0.2, 0.25) is 0 Å². The van der Waals surface area contributed by atoms with Crippen LogP contribution in [0.4, 0.5) is 5.82 Å². The Morgan fingerprint density at radius 3 is 2.81 bits per heavy atom. The maximum atomic E-state index is 11.8. The SMILES string of the molecule is C#CCN(CC)C(=O)c1ccc([N+](=O)[O-])[nH]1. The third-order valence-electron chi connectivity index (χ3n) is 2.05. The predicted molar refractivity (Wildman–Crippen MR) is 57.9 cm³/mol. The highest BCUT2D eigenvalue weighted by molar-refractivity contribution is 5.93. The zero-order valence-corrected chi connectivity index (χ0v) is 8.77. The fourth-order valence-corrected chi connectivity index (χ4v) is 1.22. The zero-order chi connectivity index (χ0) is 12.1. The number of rotatable bonds is 4. The second-order valence-corrected chi connectivity index (χ2v) is 3.04. The number of aromatic nitrogens is 1. The number of terminal acetylenes is 1. The number of hydrogen-bond donors (Lipinski definition) is 1. The fraction of sp³-hybridized carbons (Fsp3) is 0.300. The number of carbonyl (C=O) groups is 1. The van der Waals surface area contributed by atoms with E-state index >= 15 is 0 Å². The van der Waals surface area contributed by atoms with Gasteiger partial charge in [-0.3, -0.25) is 4.79 Å². The van der Waals surface area contributed by atoms with Crippen LogP contribution in [0.3, 0.4) is 0 Å². The number of nitrogens with zero attached hydrogens (tertiary/aromatic N) is 2. The van der Waals surface area contributed by atoms with Crippen molar-refractivity contribution in [2.75, 3.05) is 13.1 Å². The molecule has 0 bridgehead atoms. The van der Waals surface area contributed by atoms with Crippen molar-refractivity contribution in [3.8, 4) is 12.3 Å². The van der Waals surface area contributed by atoms with Gasteiger partial charge in [-0.1, -0.05) is 5.92 Å². The first-order valence-corrected chi connectivity index (χ1v) is 4.66. The lowest BCUT2D eigenvalue weighted by molar-refractivity contribution is -0.389. The molecule has 1 heterocycles. The Balaban J connectivity index is 2.87. The van der Waals surface area contributed by atoms with Crippen LogP contribution in [0, 0.1) is 22.5 Å². The molecule has 0 atom stereocenters. The molecule has 0 spiro atoms. The Hall–Kier alpha value is -2.29. The summed E-state index contributed by atoms with van der Waals surface area (Å²) in [6, 6.07) is 2.62. The van der Waals surface area contributed by atoms with Crippen LogP contribution in [-0.2, 0) is 0 Å². The van der Waals surface area contributed by atoms with Gasteiger partial charge in [-0.25, -0.2) is 4.98 Å². The number of amides is 1. The van der Waals surface area contributed by atoms with Gasteiger partial charge in [0.15, 0.2) is 5.69 Å². The summed E-state index contributed by atoms with van der Waals surface area (Å²) in [6.07, 6.45) is 5.11. The summed E-state index contributed by atoms with van der Waals surface area (Å²) in [7, 11) is 0. The minimum atomic E-state index is -0.589. The molecular weight excluding hydrogens is 210 g/mol. The third kappa shape index (κ3) is 2.39. The van der Waals surface area contributed by atoms with Crippen LogP contribution in [0.2, 0.25) is 0 Å². The van der Waals surface area contributed by atoms with E-state index in [1.54, 1.807) is 6.92 Å². The molecule has 6 heteroatoms. The number of H-pyrrole nitrogens is 1. The van der Waals surface area contributed by atoms with E-state index in [0.29, 0.717) is 6.54 Å². The molecule has 1 N–H and O–H groups in total. The molecule has 16 heavy (non-hydrogen) atoms. The van der Waals surface area contributed by atoms with Crippen LogP contribution in [0.15, 0.2) is 12.1 Å². The molecule has 84 valence electrons. The van der Waals surface area contributed by atoms with E-state index in [9.17, 15) is 14.9 Å². The average molecular weight is 221 g/mol. The summed E-state index contributed by atoms with van der Waals surface area (Å²) < 4.78 is 0. The minimum absolute atomic E-state index is 0.170. The van der Waals surface area contributed by atoms with Gasteiger partial charge in [-0.05, 0) is 17.9 Å². The molecule has 0 radical (unpaired) electrons. The smallest absolute Gasteiger partial charge is 0.321 e. The first-order chi connectivity index (χ1) is 7.60. The molecule has 0 unspecified atom stereocenters. The number of nitro groups is 1. The second kappa shape index (κ2) is 4.98. The van der Waals surface area contributed by atoms with E-state index in [1.807, 2.05) is 0 Å². The van der Waals surface area contributed by atoms with E-state index < -0.39 is 4.92 Å². The van der Waals surface area contributed by atoms with Gasteiger partial charge in [0.05, 0.1) is 6.54 Å². The Morgan fingerprint density at radius 2 is 2.38 bits per heavy atom. The highest BCUT2D eigenvalue weighted by Gasteiger charge is 2.19. The van der Waals surface area contributed by atoms with Gasteiger partial charge in [0.1, 0.15) is 0 Å². The maximum Gasteiger partial charge on any atom is 0.321 e. The molecule has 0 fully saturated rings. The molecule has 6 nitrogen and oxygen atoms in total. The van der Waals surface area contributed by atoms with Crippen molar-refractivity contribution in [1.82, 2.24) is 9.88 Å². The minimum Gasteiger partial charge on any atom is -0.358 e. The highest BCUT2D eigenvalue weighted by atomic mass is 16.6. The predicted octanol–water partition coefficient (Wildman–Crippen LogP) is 1.02. The fourth-order valence-electron chi connectivity index (χ4n) is 1.22.